The van der Waals surface area contributed by atoms with E-state index in [1.54, 1.807) is 0 Å². The zero-order valence-corrected chi connectivity index (χ0v) is 8.75. The molecule has 1 unspecified atom stereocenters. The predicted octanol–water partition coefficient (Wildman–Crippen LogP) is 2.90. The van der Waals surface area contributed by atoms with Crippen LogP contribution in [0.5, 0.6) is 0 Å². The zero-order chi connectivity index (χ0) is 9.84. The topological polar surface area (TPSA) is 26.0 Å². The predicted molar refractivity (Wildman–Crippen MR) is 57.6 cm³/mol. The first kappa shape index (κ1) is 10.3. The number of nitrogens with two attached hydrogens (primary N) is 1. The van der Waals surface area contributed by atoms with E-state index in [0.717, 1.165) is 6.42 Å². The molecule has 0 radical (unpaired) electrons. The molecule has 1 nitrogen and oxygen atoms in total. The van der Waals surface area contributed by atoms with Crippen molar-refractivity contribution in [2.24, 2.45) is 11.7 Å². The smallest absolute Gasteiger partial charge is 0.0320 e. The molecule has 0 saturated heterocycles. The lowest BCUT2D eigenvalue weighted by atomic mass is 9.92. The fourth-order valence-corrected chi connectivity index (χ4v) is 1.54. The Kier molecular flexibility index (Phi) is 3.49. The molecule has 72 valence electrons. The van der Waals surface area contributed by atoms with E-state index >= 15 is 0 Å². The van der Waals surface area contributed by atoms with Gasteiger partial charge in [-0.3, -0.25) is 0 Å². The van der Waals surface area contributed by atoms with Gasteiger partial charge in [0.1, 0.15) is 0 Å². The minimum absolute atomic E-state index is 0.177. The summed E-state index contributed by atoms with van der Waals surface area (Å²) in [4.78, 5) is 0. The monoisotopic (exact) mass is 177 g/mol. The maximum absolute atomic E-state index is 6.11. The van der Waals surface area contributed by atoms with Crippen molar-refractivity contribution in [3.63, 3.8) is 0 Å². The third kappa shape index (κ3) is 2.31. The highest BCUT2D eigenvalue weighted by Crippen LogP contribution is 2.22. The lowest BCUT2D eigenvalue weighted by Crippen LogP contribution is -2.18. The van der Waals surface area contributed by atoms with E-state index in [9.17, 15) is 0 Å². The van der Waals surface area contributed by atoms with Gasteiger partial charge in [-0.05, 0) is 23.5 Å². The molecular weight excluding hydrogens is 158 g/mol. The molecule has 1 heteroatoms. The molecule has 0 aliphatic rings. The van der Waals surface area contributed by atoms with Crippen molar-refractivity contribution in [3.05, 3.63) is 35.4 Å². The molecule has 1 aromatic carbocycles. The maximum Gasteiger partial charge on any atom is 0.0320 e. The second-order valence-electron chi connectivity index (χ2n) is 3.82. The summed E-state index contributed by atoms with van der Waals surface area (Å²) in [6, 6.07) is 8.63. The van der Waals surface area contributed by atoms with Gasteiger partial charge in [0.15, 0.2) is 0 Å². The Hall–Kier alpha value is -0.820. The Labute approximate surface area is 81.0 Å². The number of aryl methyl sites for hydroxylation is 1. The first-order valence-corrected chi connectivity index (χ1v) is 5.00. The molecule has 1 aromatic rings. The molecule has 0 amide bonds. The van der Waals surface area contributed by atoms with Gasteiger partial charge < -0.3 is 5.73 Å². The second kappa shape index (κ2) is 4.43. The molecule has 13 heavy (non-hydrogen) atoms. The highest BCUT2D eigenvalue weighted by molar-refractivity contribution is 5.30. The van der Waals surface area contributed by atoms with Crippen molar-refractivity contribution in [3.8, 4) is 0 Å². The van der Waals surface area contributed by atoms with E-state index in [-0.39, 0.29) is 6.04 Å². The quantitative estimate of drug-likeness (QED) is 0.754. The van der Waals surface area contributed by atoms with Crippen LogP contribution in [0.15, 0.2) is 24.3 Å². The van der Waals surface area contributed by atoms with Crippen LogP contribution in [-0.2, 0) is 6.42 Å². The van der Waals surface area contributed by atoms with Crippen molar-refractivity contribution in [1.82, 2.24) is 0 Å². The summed E-state index contributed by atoms with van der Waals surface area (Å²) in [7, 11) is 0. The zero-order valence-electron chi connectivity index (χ0n) is 8.75. The number of benzene rings is 1. The fraction of sp³-hybridized carbons (Fsp3) is 0.500. The molecule has 0 saturated carbocycles. The summed E-state index contributed by atoms with van der Waals surface area (Å²) in [6.45, 7) is 6.50. The van der Waals surface area contributed by atoms with E-state index in [4.69, 9.17) is 5.73 Å². The maximum atomic E-state index is 6.11. The van der Waals surface area contributed by atoms with Gasteiger partial charge in [-0.15, -0.1) is 0 Å². The van der Waals surface area contributed by atoms with Crippen LogP contribution in [-0.4, -0.2) is 0 Å². The number of rotatable bonds is 3. The summed E-state index contributed by atoms with van der Waals surface area (Å²) in [5, 5.41) is 0. The normalized spacial score (nSPS) is 13.3. The average Bonchev–Trinajstić information content (AvgIpc) is 2.16. The summed E-state index contributed by atoms with van der Waals surface area (Å²) in [5.41, 5.74) is 8.80. The van der Waals surface area contributed by atoms with Gasteiger partial charge in [0.2, 0.25) is 0 Å². The van der Waals surface area contributed by atoms with Crippen molar-refractivity contribution >= 4 is 0 Å². The van der Waals surface area contributed by atoms with Crippen LogP contribution in [0, 0.1) is 5.92 Å². The van der Waals surface area contributed by atoms with Gasteiger partial charge in [-0.2, -0.15) is 0 Å². The molecule has 2 N–H and O–H groups in total. The third-order valence-corrected chi connectivity index (χ3v) is 2.51. The molecule has 1 atom stereocenters. The molecule has 0 aliphatic carbocycles. The minimum Gasteiger partial charge on any atom is -0.324 e. The SMILES string of the molecule is CCc1ccccc1C(N)C(C)C. The Morgan fingerprint density at radius 1 is 1.23 bits per heavy atom. The second-order valence-corrected chi connectivity index (χ2v) is 3.82. The Morgan fingerprint density at radius 2 is 1.85 bits per heavy atom. The molecule has 0 spiro atoms. The number of hydrogen-bond donors (Lipinski definition) is 1. The van der Waals surface area contributed by atoms with Gasteiger partial charge >= 0.3 is 0 Å². The van der Waals surface area contributed by atoms with Crippen LogP contribution in [0.25, 0.3) is 0 Å². The Bertz CT molecular complexity index is 266. The van der Waals surface area contributed by atoms with Crippen molar-refractivity contribution < 1.29 is 0 Å². The van der Waals surface area contributed by atoms with Crippen molar-refractivity contribution in [2.75, 3.05) is 0 Å². The van der Waals surface area contributed by atoms with Gasteiger partial charge in [0.25, 0.3) is 0 Å². The molecule has 0 fully saturated rings. The summed E-state index contributed by atoms with van der Waals surface area (Å²) < 4.78 is 0. The van der Waals surface area contributed by atoms with E-state index in [0.29, 0.717) is 5.92 Å². The van der Waals surface area contributed by atoms with Crippen LogP contribution in [0.4, 0.5) is 0 Å². The van der Waals surface area contributed by atoms with Crippen LogP contribution in [0.2, 0.25) is 0 Å². The molecule has 0 aromatic heterocycles. The van der Waals surface area contributed by atoms with E-state index < -0.39 is 0 Å². The molecule has 0 heterocycles. The Morgan fingerprint density at radius 3 is 2.38 bits per heavy atom. The fourth-order valence-electron chi connectivity index (χ4n) is 1.54. The van der Waals surface area contributed by atoms with Gasteiger partial charge in [0.05, 0.1) is 0 Å². The molecule has 0 aliphatic heterocycles. The summed E-state index contributed by atoms with van der Waals surface area (Å²) in [6.07, 6.45) is 1.07. The first-order valence-electron chi connectivity index (χ1n) is 5.00. The molecule has 0 bridgehead atoms. The lowest BCUT2D eigenvalue weighted by molar-refractivity contribution is 0.511. The van der Waals surface area contributed by atoms with E-state index in [1.165, 1.54) is 11.1 Å². The van der Waals surface area contributed by atoms with Crippen LogP contribution >= 0.6 is 0 Å². The largest absolute Gasteiger partial charge is 0.324 e. The van der Waals surface area contributed by atoms with Crippen LogP contribution in [0.1, 0.15) is 37.9 Å². The minimum atomic E-state index is 0.177. The van der Waals surface area contributed by atoms with Crippen LogP contribution < -0.4 is 5.73 Å². The van der Waals surface area contributed by atoms with Gasteiger partial charge in [-0.25, -0.2) is 0 Å². The van der Waals surface area contributed by atoms with E-state index in [2.05, 4.69) is 45.0 Å². The Balaban J connectivity index is 2.98. The van der Waals surface area contributed by atoms with Crippen molar-refractivity contribution in [2.45, 2.75) is 33.2 Å². The van der Waals surface area contributed by atoms with E-state index in [1.807, 2.05) is 0 Å². The molecule has 1 rings (SSSR count). The third-order valence-electron chi connectivity index (χ3n) is 2.51. The molecular formula is C12H19N. The first-order chi connectivity index (χ1) is 6.16. The van der Waals surface area contributed by atoms with Gasteiger partial charge in [-0.1, -0.05) is 45.0 Å². The van der Waals surface area contributed by atoms with Crippen molar-refractivity contribution in [1.29, 1.82) is 0 Å². The average molecular weight is 177 g/mol. The highest BCUT2D eigenvalue weighted by atomic mass is 14.6. The highest BCUT2D eigenvalue weighted by Gasteiger charge is 2.12. The van der Waals surface area contributed by atoms with Crippen LogP contribution in [0.3, 0.4) is 0 Å². The summed E-state index contributed by atoms with van der Waals surface area (Å²) >= 11 is 0. The standard InChI is InChI=1S/C12H19N/c1-4-10-7-5-6-8-11(10)12(13)9(2)3/h5-9,12H,4,13H2,1-3H3. The summed E-state index contributed by atoms with van der Waals surface area (Å²) in [5.74, 6) is 0.507. The number of hydrogen-bond acceptors (Lipinski definition) is 1. The lowest BCUT2D eigenvalue weighted by Gasteiger charge is -2.18. The van der Waals surface area contributed by atoms with Gasteiger partial charge in [0, 0.05) is 6.04 Å².